The van der Waals surface area contributed by atoms with Crippen molar-refractivity contribution in [3.05, 3.63) is 23.4 Å². The van der Waals surface area contributed by atoms with Crippen LogP contribution in [0.1, 0.15) is 29.9 Å². The van der Waals surface area contributed by atoms with E-state index in [1.54, 1.807) is 6.07 Å². The highest BCUT2D eigenvalue weighted by Gasteiger charge is 2.50. The van der Waals surface area contributed by atoms with Crippen LogP contribution in [0.2, 0.25) is 0 Å². The van der Waals surface area contributed by atoms with Crippen LogP contribution in [0.3, 0.4) is 0 Å². The van der Waals surface area contributed by atoms with Crippen LogP contribution in [-0.2, 0) is 0 Å². The van der Waals surface area contributed by atoms with Crippen molar-refractivity contribution in [2.24, 2.45) is 17.6 Å². The van der Waals surface area contributed by atoms with Crippen LogP contribution >= 0.6 is 0 Å². The van der Waals surface area contributed by atoms with Crippen LogP contribution in [0.4, 0.5) is 5.82 Å². The zero-order chi connectivity index (χ0) is 14.5. The highest BCUT2D eigenvalue weighted by Crippen LogP contribution is 2.43. The maximum Gasteiger partial charge on any atom is 0.252 e. The quantitative estimate of drug-likeness (QED) is 0.841. The zero-order valence-corrected chi connectivity index (χ0v) is 12.3. The van der Waals surface area contributed by atoms with Crippen molar-refractivity contribution in [3.63, 3.8) is 0 Å². The first-order valence-electron chi connectivity index (χ1n) is 7.17. The Morgan fingerprint density at radius 3 is 2.85 bits per heavy atom. The summed E-state index contributed by atoms with van der Waals surface area (Å²) in [6.45, 7) is 9.42. The minimum absolute atomic E-state index is 0.0147. The number of carbonyl (C=O) groups is 1. The molecule has 0 spiro atoms. The van der Waals surface area contributed by atoms with Gasteiger partial charge in [0.15, 0.2) is 0 Å². The molecule has 2 aliphatic heterocycles. The fourth-order valence-electron chi connectivity index (χ4n) is 3.72. The first-order valence-corrected chi connectivity index (χ1v) is 7.17. The number of anilines is 1. The summed E-state index contributed by atoms with van der Waals surface area (Å²) in [5.41, 5.74) is 6.94. The number of amides is 1. The van der Waals surface area contributed by atoms with Gasteiger partial charge in [0, 0.05) is 30.9 Å². The molecule has 1 amide bonds. The van der Waals surface area contributed by atoms with Crippen molar-refractivity contribution in [3.8, 4) is 0 Å². The summed E-state index contributed by atoms with van der Waals surface area (Å²) in [4.78, 5) is 18.6. The summed E-state index contributed by atoms with van der Waals surface area (Å²) in [6, 6.07) is 3.64. The molecular formula is C15H22N4O. The first-order chi connectivity index (χ1) is 9.41. The lowest BCUT2D eigenvalue weighted by Gasteiger charge is -2.37. The van der Waals surface area contributed by atoms with Gasteiger partial charge in [-0.1, -0.05) is 0 Å². The van der Waals surface area contributed by atoms with E-state index in [1.807, 2.05) is 13.0 Å². The largest absolute Gasteiger partial charge is 0.365 e. The van der Waals surface area contributed by atoms with E-state index < -0.39 is 5.91 Å². The van der Waals surface area contributed by atoms with E-state index in [0.29, 0.717) is 17.4 Å². The number of nitrogens with two attached hydrogens (primary N) is 1. The molecule has 0 radical (unpaired) electrons. The number of fused-ring (bicyclic) bond motifs is 1. The van der Waals surface area contributed by atoms with Crippen molar-refractivity contribution >= 4 is 11.7 Å². The van der Waals surface area contributed by atoms with E-state index in [2.05, 4.69) is 29.0 Å². The molecule has 3 N–H and O–H groups in total. The number of nitrogens with zero attached hydrogens (tertiary/aromatic N) is 2. The maximum atomic E-state index is 11.7. The first kappa shape index (κ1) is 13.4. The van der Waals surface area contributed by atoms with Crippen LogP contribution in [0.15, 0.2) is 12.1 Å². The Bertz CT molecular complexity index is 555. The lowest BCUT2D eigenvalue weighted by Crippen LogP contribution is -2.45. The summed E-state index contributed by atoms with van der Waals surface area (Å²) in [5.74, 6) is 1.55. The molecule has 1 aromatic rings. The molecule has 3 heterocycles. The van der Waals surface area contributed by atoms with Gasteiger partial charge in [-0.3, -0.25) is 4.79 Å². The lowest BCUT2D eigenvalue weighted by atomic mass is 9.85. The monoisotopic (exact) mass is 274 g/mol. The SMILES string of the molecule is Cc1ccc(C(N)=O)c(N2CC3CNCC3C2(C)C)n1. The standard InChI is InChI=1S/C15H22N4O/c1-9-4-5-11(13(16)20)14(18-9)19-8-10-6-17-7-12(10)15(19,2)3/h4-5,10,12,17H,6-8H2,1-3H3,(H2,16,20). The molecule has 5 nitrogen and oxygen atoms in total. The van der Waals surface area contributed by atoms with Crippen LogP contribution < -0.4 is 16.0 Å². The molecule has 0 saturated carbocycles. The predicted octanol–water partition coefficient (Wildman–Crippen LogP) is 0.923. The van der Waals surface area contributed by atoms with Crippen molar-refractivity contribution in [1.82, 2.24) is 10.3 Å². The maximum absolute atomic E-state index is 11.7. The Kier molecular flexibility index (Phi) is 2.97. The Labute approximate surface area is 119 Å². The molecule has 5 heteroatoms. The van der Waals surface area contributed by atoms with Crippen LogP contribution in [0.25, 0.3) is 0 Å². The highest BCUT2D eigenvalue weighted by molar-refractivity contribution is 5.98. The van der Waals surface area contributed by atoms with E-state index in [1.165, 1.54) is 0 Å². The van der Waals surface area contributed by atoms with Crippen molar-refractivity contribution in [1.29, 1.82) is 0 Å². The molecule has 0 bridgehead atoms. The third kappa shape index (κ3) is 1.88. The fourth-order valence-corrected chi connectivity index (χ4v) is 3.72. The molecule has 3 rings (SSSR count). The second-order valence-electron chi connectivity index (χ2n) is 6.48. The van der Waals surface area contributed by atoms with Crippen LogP contribution in [0, 0.1) is 18.8 Å². The van der Waals surface area contributed by atoms with Gasteiger partial charge in [0.25, 0.3) is 5.91 Å². The minimum Gasteiger partial charge on any atom is -0.365 e. The molecule has 2 unspecified atom stereocenters. The molecule has 2 saturated heterocycles. The van der Waals surface area contributed by atoms with Crippen molar-refractivity contribution < 1.29 is 4.79 Å². The van der Waals surface area contributed by atoms with Gasteiger partial charge in [0.05, 0.1) is 5.56 Å². The predicted molar refractivity (Wildman–Crippen MR) is 78.8 cm³/mol. The number of aromatic nitrogens is 1. The number of hydrogen-bond acceptors (Lipinski definition) is 4. The van der Waals surface area contributed by atoms with E-state index in [-0.39, 0.29) is 5.54 Å². The van der Waals surface area contributed by atoms with Crippen molar-refractivity contribution in [2.45, 2.75) is 26.3 Å². The average molecular weight is 274 g/mol. The smallest absolute Gasteiger partial charge is 0.252 e. The van der Waals surface area contributed by atoms with E-state index in [4.69, 9.17) is 5.73 Å². The molecule has 2 atom stereocenters. The topological polar surface area (TPSA) is 71.2 Å². The Morgan fingerprint density at radius 1 is 1.45 bits per heavy atom. The normalized spacial score (nSPS) is 27.6. The summed E-state index contributed by atoms with van der Waals surface area (Å²) >= 11 is 0. The summed E-state index contributed by atoms with van der Waals surface area (Å²) in [5, 5.41) is 3.46. The number of nitrogens with one attached hydrogen (secondary N) is 1. The molecule has 2 aliphatic rings. The summed E-state index contributed by atoms with van der Waals surface area (Å²) in [6.07, 6.45) is 0. The summed E-state index contributed by atoms with van der Waals surface area (Å²) < 4.78 is 0. The second-order valence-corrected chi connectivity index (χ2v) is 6.48. The molecule has 2 fully saturated rings. The molecule has 0 aliphatic carbocycles. The van der Waals surface area contributed by atoms with Gasteiger partial charge in [0.1, 0.15) is 5.82 Å². The van der Waals surface area contributed by atoms with Gasteiger partial charge in [-0.2, -0.15) is 0 Å². The number of pyridine rings is 1. The van der Waals surface area contributed by atoms with Crippen LogP contribution in [0.5, 0.6) is 0 Å². The van der Waals surface area contributed by atoms with Gasteiger partial charge in [0.2, 0.25) is 0 Å². The molecular weight excluding hydrogens is 252 g/mol. The molecule has 108 valence electrons. The van der Waals surface area contributed by atoms with Crippen molar-refractivity contribution in [2.75, 3.05) is 24.5 Å². The summed E-state index contributed by atoms with van der Waals surface area (Å²) in [7, 11) is 0. The number of rotatable bonds is 2. The Balaban J connectivity index is 2.05. The number of hydrogen-bond donors (Lipinski definition) is 2. The minimum atomic E-state index is -0.404. The Hall–Kier alpha value is -1.62. The third-order valence-electron chi connectivity index (χ3n) is 4.90. The molecule has 1 aromatic heterocycles. The van der Waals surface area contributed by atoms with Gasteiger partial charge in [-0.25, -0.2) is 4.98 Å². The Morgan fingerprint density at radius 2 is 2.20 bits per heavy atom. The number of primary amides is 1. The number of aryl methyl sites for hydroxylation is 1. The van der Waals surface area contributed by atoms with E-state index in [0.717, 1.165) is 31.1 Å². The molecule has 0 aromatic carbocycles. The zero-order valence-electron chi connectivity index (χ0n) is 12.3. The van der Waals surface area contributed by atoms with Gasteiger partial charge >= 0.3 is 0 Å². The van der Waals surface area contributed by atoms with Gasteiger partial charge < -0.3 is 16.0 Å². The molecule has 20 heavy (non-hydrogen) atoms. The highest BCUT2D eigenvalue weighted by atomic mass is 16.1. The second kappa shape index (κ2) is 4.45. The van der Waals surface area contributed by atoms with E-state index in [9.17, 15) is 4.79 Å². The van der Waals surface area contributed by atoms with Crippen LogP contribution in [-0.4, -0.2) is 36.1 Å². The van der Waals surface area contributed by atoms with Gasteiger partial charge in [-0.15, -0.1) is 0 Å². The average Bonchev–Trinajstić information content (AvgIpc) is 2.91. The van der Waals surface area contributed by atoms with Gasteiger partial charge in [-0.05, 0) is 44.7 Å². The fraction of sp³-hybridized carbons (Fsp3) is 0.600. The lowest BCUT2D eigenvalue weighted by molar-refractivity contribution is 0.100. The van der Waals surface area contributed by atoms with E-state index >= 15 is 0 Å². The third-order valence-corrected chi connectivity index (χ3v) is 4.90. The number of carbonyl (C=O) groups excluding carboxylic acids is 1.